The molecule has 0 aromatic rings. The minimum Gasteiger partial charge on any atom is -0.102 e. The molecule has 0 aromatic heterocycles. The first-order chi connectivity index (χ1) is 8.89. The Labute approximate surface area is 127 Å². The van der Waals surface area contributed by atoms with Crippen LogP contribution in [0.1, 0.15) is 69.2 Å². The summed E-state index contributed by atoms with van der Waals surface area (Å²) in [5.74, 6) is 0.735. The van der Waals surface area contributed by atoms with Crippen molar-refractivity contribution in [2.45, 2.75) is 91.4 Å². The molecule has 3 heterocycles. The van der Waals surface area contributed by atoms with E-state index in [0.29, 0.717) is 10.6 Å². The van der Waals surface area contributed by atoms with Crippen molar-refractivity contribution in [1.82, 2.24) is 0 Å². The van der Waals surface area contributed by atoms with Crippen LogP contribution in [-0.4, -0.2) is 13.4 Å². The number of hydrogen-bond acceptors (Lipinski definition) is 0. The molecule has 3 aliphatic rings. The highest BCUT2D eigenvalue weighted by atomic mass is 14.4. The first kappa shape index (κ1) is 16.0. The van der Waals surface area contributed by atoms with Crippen molar-refractivity contribution in [3.63, 3.8) is 0 Å². The van der Waals surface area contributed by atoms with Crippen molar-refractivity contribution in [3.05, 3.63) is 22.2 Å². The van der Waals surface area contributed by atoms with Crippen LogP contribution < -0.4 is 0 Å². The summed E-state index contributed by atoms with van der Waals surface area (Å²) in [7, 11) is 0. The molecule has 0 radical (unpaired) electrons. The summed E-state index contributed by atoms with van der Waals surface area (Å²) in [6.07, 6.45) is 0. The van der Waals surface area contributed by atoms with Crippen LogP contribution in [0.25, 0.3) is 0 Å². The molecule has 0 aromatic carbocycles. The van der Waals surface area contributed by atoms with E-state index < -0.39 is 0 Å². The lowest BCUT2D eigenvalue weighted by atomic mass is 9.09. The van der Waals surface area contributed by atoms with Crippen LogP contribution in [-0.2, 0) is 0 Å². The van der Waals surface area contributed by atoms with Crippen molar-refractivity contribution in [2.75, 3.05) is 0 Å². The third kappa shape index (κ3) is 2.14. The Morgan fingerprint density at radius 1 is 0.800 bits per heavy atom. The number of fused-ring (bicyclic) bond motifs is 1. The lowest BCUT2D eigenvalue weighted by Gasteiger charge is -2.47. The van der Waals surface area contributed by atoms with E-state index >= 15 is 0 Å². The molecule has 0 N–H and O–H groups in total. The monoisotopic (exact) mass is 270 g/mol. The summed E-state index contributed by atoms with van der Waals surface area (Å²) in [4.78, 5) is 0. The molecule has 2 heteroatoms. The Kier molecular flexibility index (Phi) is 3.64. The highest BCUT2D eigenvalue weighted by Gasteiger charge is 2.68. The Hall–Kier alpha value is -0.390. The van der Waals surface area contributed by atoms with E-state index in [1.807, 2.05) is 0 Å². The Balaban J connectivity index is 2.63. The Morgan fingerprint density at radius 3 is 1.55 bits per heavy atom. The van der Waals surface area contributed by atoms with Crippen LogP contribution in [0.5, 0.6) is 0 Å². The quantitative estimate of drug-likeness (QED) is 0.368. The number of hydrogen-bond donors (Lipinski definition) is 0. The first-order valence-corrected chi connectivity index (χ1v) is 8.23. The summed E-state index contributed by atoms with van der Waals surface area (Å²) in [6.45, 7) is 25.5. The number of rotatable bonds is 0. The zero-order chi connectivity index (χ0) is 15.6. The second kappa shape index (κ2) is 4.55. The molecular formula is C18H32B2. The van der Waals surface area contributed by atoms with E-state index in [2.05, 4.69) is 69.2 Å². The summed E-state index contributed by atoms with van der Waals surface area (Å²) in [5.41, 5.74) is 7.49. The van der Waals surface area contributed by atoms with Gasteiger partial charge in [-0.1, -0.05) is 74.6 Å². The van der Waals surface area contributed by atoms with Crippen LogP contribution in [0.3, 0.4) is 0 Å². The molecule has 3 rings (SSSR count). The minimum absolute atomic E-state index is 0.368. The molecule has 0 saturated carbocycles. The molecule has 3 aliphatic heterocycles. The lowest BCUT2D eigenvalue weighted by molar-refractivity contribution is 0.692. The highest BCUT2D eigenvalue weighted by molar-refractivity contribution is 6.98. The zero-order valence-corrected chi connectivity index (χ0v) is 15.3. The van der Waals surface area contributed by atoms with Crippen LogP contribution in [0.4, 0.5) is 0 Å². The predicted octanol–water partition coefficient (Wildman–Crippen LogP) is 6.10. The fourth-order valence-electron chi connectivity index (χ4n) is 5.13. The van der Waals surface area contributed by atoms with Crippen molar-refractivity contribution in [3.8, 4) is 0 Å². The molecule has 2 bridgehead atoms. The largest absolute Gasteiger partial charge is 0.175 e. The van der Waals surface area contributed by atoms with Gasteiger partial charge >= 0.3 is 0 Å². The van der Waals surface area contributed by atoms with Gasteiger partial charge in [0.15, 0.2) is 13.4 Å². The predicted molar refractivity (Wildman–Crippen MR) is 95.2 cm³/mol. The summed E-state index contributed by atoms with van der Waals surface area (Å²) in [6, 6.07) is 0. The summed E-state index contributed by atoms with van der Waals surface area (Å²) >= 11 is 0. The minimum atomic E-state index is 0.368. The lowest BCUT2D eigenvalue weighted by Crippen LogP contribution is -2.46. The van der Waals surface area contributed by atoms with Crippen LogP contribution in [0, 0.1) is 0 Å². The van der Waals surface area contributed by atoms with Gasteiger partial charge in [-0.2, -0.15) is 0 Å². The van der Waals surface area contributed by atoms with Crippen molar-refractivity contribution < 1.29 is 0 Å². The van der Waals surface area contributed by atoms with Gasteiger partial charge in [0.2, 0.25) is 0 Å². The second-order valence-electron chi connectivity index (χ2n) is 9.65. The van der Waals surface area contributed by atoms with Gasteiger partial charge in [-0.25, -0.2) is 0 Å². The van der Waals surface area contributed by atoms with Crippen LogP contribution >= 0.6 is 0 Å². The zero-order valence-electron chi connectivity index (χ0n) is 15.3. The molecule has 3 fully saturated rings. The normalized spacial score (nSPS) is 26.1. The third-order valence-electron chi connectivity index (χ3n) is 5.56. The maximum Gasteiger partial charge on any atom is 0.175 e. The molecule has 0 nitrogen and oxygen atoms in total. The van der Waals surface area contributed by atoms with Crippen LogP contribution in [0.2, 0.25) is 22.2 Å². The average Bonchev–Trinajstić information content (AvgIpc) is 2.63. The van der Waals surface area contributed by atoms with Crippen LogP contribution in [0.15, 0.2) is 22.2 Å². The maximum atomic E-state index is 2.44. The Morgan fingerprint density at radius 2 is 1.30 bits per heavy atom. The summed E-state index contributed by atoms with van der Waals surface area (Å²) < 4.78 is 0. The standard InChI is InChI=1S/C18H32B2/c1-11(2)13-15-14(12(3)4)19(17(5,6)7)16(13)20(15)18(8,9)10/h15-16H,1-10H3/t15-,16+/m1/s1. The van der Waals surface area contributed by atoms with Gasteiger partial charge in [-0.3, -0.25) is 0 Å². The van der Waals surface area contributed by atoms with Crippen molar-refractivity contribution in [2.24, 2.45) is 0 Å². The smallest absolute Gasteiger partial charge is 0.102 e. The molecule has 0 spiro atoms. The van der Waals surface area contributed by atoms with Gasteiger partial charge in [0, 0.05) is 0 Å². The first-order valence-electron chi connectivity index (χ1n) is 8.23. The molecule has 0 unspecified atom stereocenters. The Bertz CT molecular complexity index is 475. The maximum absolute atomic E-state index is 2.44. The van der Waals surface area contributed by atoms with Gasteiger partial charge in [-0.15, -0.1) is 5.47 Å². The van der Waals surface area contributed by atoms with E-state index in [0.717, 1.165) is 25.0 Å². The van der Waals surface area contributed by atoms with E-state index in [1.165, 1.54) is 0 Å². The SMILES string of the molecule is CC(C)=C1B(C(C)(C)C)[C@H]2B(C(C)(C)C)[C@@H]1C2=C(C)C. The number of allylic oxidation sites excluding steroid dienone is 4. The molecule has 0 aliphatic carbocycles. The van der Waals surface area contributed by atoms with E-state index in [4.69, 9.17) is 0 Å². The fourth-order valence-corrected chi connectivity index (χ4v) is 5.13. The fraction of sp³-hybridized carbons (Fsp3) is 0.778. The van der Waals surface area contributed by atoms with Gasteiger partial charge < -0.3 is 0 Å². The average molecular weight is 270 g/mol. The molecule has 110 valence electrons. The molecular weight excluding hydrogens is 238 g/mol. The van der Waals surface area contributed by atoms with Gasteiger partial charge in [-0.05, 0) is 33.5 Å². The van der Waals surface area contributed by atoms with Gasteiger partial charge in [0.25, 0.3) is 0 Å². The van der Waals surface area contributed by atoms with Crippen molar-refractivity contribution >= 4 is 13.4 Å². The van der Waals surface area contributed by atoms with Gasteiger partial charge in [0.1, 0.15) is 0 Å². The second-order valence-corrected chi connectivity index (χ2v) is 9.65. The summed E-state index contributed by atoms with van der Waals surface area (Å²) in [5, 5.41) is 0.779. The van der Waals surface area contributed by atoms with E-state index in [1.54, 1.807) is 22.2 Å². The molecule has 20 heavy (non-hydrogen) atoms. The van der Waals surface area contributed by atoms with Gasteiger partial charge in [0.05, 0.1) is 0 Å². The topological polar surface area (TPSA) is 0 Å². The molecule has 3 saturated heterocycles. The highest BCUT2D eigenvalue weighted by Crippen LogP contribution is 2.72. The van der Waals surface area contributed by atoms with E-state index in [-0.39, 0.29) is 0 Å². The van der Waals surface area contributed by atoms with Crippen molar-refractivity contribution in [1.29, 1.82) is 0 Å². The molecule has 2 atom stereocenters. The third-order valence-corrected chi connectivity index (χ3v) is 5.56. The van der Waals surface area contributed by atoms with E-state index in [9.17, 15) is 0 Å². The molecule has 0 amide bonds.